The molecule has 1 aromatic heterocycles. The number of rotatable bonds is 2. The molecule has 0 spiro atoms. The van der Waals surface area contributed by atoms with Crippen LogP contribution in [0.5, 0.6) is 0 Å². The fourth-order valence-electron chi connectivity index (χ4n) is 1.15. The fourth-order valence-corrected chi connectivity index (χ4v) is 1.15. The monoisotopic (exact) mass is 177 g/mol. The average Bonchev–Trinajstić information content (AvgIpc) is 2.11. The first-order chi connectivity index (χ1) is 6.19. The zero-order valence-electron chi connectivity index (χ0n) is 7.45. The lowest BCUT2D eigenvalue weighted by Crippen LogP contribution is -2.22. The number of aromatic nitrogens is 1. The lowest BCUT2D eigenvalue weighted by Gasteiger charge is -2.04. The molecule has 4 heteroatoms. The largest absolute Gasteiger partial charge is 0.398 e. The second-order valence-electron chi connectivity index (χ2n) is 2.80. The molecule has 0 fully saturated rings. The quantitative estimate of drug-likeness (QED) is 0.723. The van der Waals surface area contributed by atoms with Crippen LogP contribution in [0, 0.1) is 11.3 Å². The summed E-state index contributed by atoms with van der Waals surface area (Å²) >= 11 is 0. The Balaban J connectivity index is 3.30. The van der Waals surface area contributed by atoms with Crippen molar-refractivity contribution in [1.29, 1.82) is 5.26 Å². The maximum Gasteiger partial charge on any atom is 0.268 e. The second-order valence-corrected chi connectivity index (χ2v) is 2.80. The van der Waals surface area contributed by atoms with E-state index in [1.165, 1.54) is 10.6 Å². The fraction of sp³-hybridized carbons (Fsp3) is 0.333. The van der Waals surface area contributed by atoms with Crippen LogP contribution in [0.1, 0.15) is 18.9 Å². The molecule has 0 saturated carbocycles. The number of aryl methyl sites for hydroxylation is 1. The highest BCUT2D eigenvalue weighted by atomic mass is 16.1. The third-order valence-electron chi connectivity index (χ3n) is 1.69. The van der Waals surface area contributed by atoms with Gasteiger partial charge < -0.3 is 10.3 Å². The third kappa shape index (κ3) is 1.88. The van der Waals surface area contributed by atoms with E-state index in [-0.39, 0.29) is 11.1 Å². The molecule has 0 unspecified atom stereocenters. The van der Waals surface area contributed by atoms with Gasteiger partial charge in [0.15, 0.2) is 0 Å². The van der Waals surface area contributed by atoms with E-state index in [0.29, 0.717) is 12.2 Å². The number of nitrogens with zero attached hydrogens (tertiary/aromatic N) is 2. The highest BCUT2D eigenvalue weighted by Gasteiger charge is 2.03. The van der Waals surface area contributed by atoms with Crippen LogP contribution >= 0.6 is 0 Å². The van der Waals surface area contributed by atoms with Crippen molar-refractivity contribution < 1.29 is 0 Å². The van der Waals surface area contributed by atoms with Crippen molar-refractivity contribution in [2.24, 2.45) is 0 Å². The van der Waals surface area contributed by atoms with Crippen LogP contribution in [0.15, 0.2) is 17.1 Å². The van der Waals surface area contributed by atoms with Gasteiger partial charge in [0.25, 0.3) is 5.56 Å². The van der Waals surface area contributed by atoms with Crippen molar-refractivity contribution in [1.82, 2.24) is 4.57 Å². The topological polar surface area (TPSA) is 71.8 Å². The summed E-state index contributed by atoms with van der Waals surface area (Å²) < 4.78 is 1.47. The molecular weight excluding hydrogens is 166 g/mol. The predicted molar refractivity (Wildman–Crippen MR) is 50.1 cm³/mol. The molecule has 4 nitrogen and oxygen atoms in total. The first kappa shape index (κ1) is 9.33. The van der Waals surface area contributed by atoms with Crippen LogP contribution < -0.4 is 11.3 Å². The smallest absolute Gasteiger partial charge is 0.268 e. The van der Waals surface area contributed by atoms with Gasteiger partial charge >= 0.3 is 0 Å². The molecule has 1 aromatic rings. The van der Waals surface area contributed by atoms with E-state index in [2.05, 4.69) is 0 Å². The molecule has 1 rings (SSSR count). The van der Waals surface area contributed by atoms with Crippen LogP contribution in [0.2, 0.25) is 0 Å². The normalized spacial score (nSPS) is 9.54. The van der Waals surface area contributed by atoms with E-state index in [0.717, 1.165) is 6.42 Å². The van der Waals surface area contributed by atoms with E-state index in [1.54, 1.807) is 6.20 Å². The minimum atomic E-state index is -0.265. The highest BCUT2D eigenvalue weighted by Crippen LogP contribution is 2.01. The number of nitriles is 1. The molecule has 68 valence electrons. The van der Waals surface area contributed by atoms with Crippen molar-refractivity contribution in [2.75, 3.05) is 5.73 Å². The van der Waals surface area contributed by atoms with Crippen LogP contribution in [0.3, 0.4) is 0 Å². The molecule has 0 bridgehead atoms. The molecule has 0 amide bonds. The second kappa shape index (κ2) is 3.76. The van der Waals surface area contributed by atoms with Gasteiger partial charge in [-0.3, -0.25) is 4.79 Å². The lowest BCUT2D eigenvalue weighted by molar-refractivity contribution is 0.654. The maximum atomic E-state index is 11.4. The molecule has 0 saturated heterocycles. The Hall–Kier alpha value is -1.76. The van der Waals surface area contributed by atoms with Gasteiger partial charge in [-0.05, 0) is 12.5 Å². The SMILES string of the molecule is CCCn1cc(N)cc(C#N)c1=O. The van der Waals surface area contributed by atoms with Gasteiger partial charge in [-0.25, -0.2) is 0 Å². The number of nitrogens with two attached hydrogens (primary N) is 1. The van der Waals surface area contributed by atoms with Gasteiger partial charge in [0.1, 0.15) is 11.6 Å². The van der Waals surface area contributed by atoms with E-state index in [1.807, 2.05) is 13.0 Å². The average molecular weight is 177 g/mol. The Bertz CT molecular complexity index is 400. The number of nitrogen functional groups attached to an aromatic ring is 1. The lowest BCUT2D eigenvalue weighted by atomic mass is 10.2. The highest BCUT2D eigenvalue weighted by molar-refractivity contribution is 5.42. The minimum absolute atomic E-state index is 0.105. The van der Waals surface area contributed by atoms with Crippen molar-refractivity contribution >= 4 is 5.69 Å². The van der Waals surface area contributed by atoms with Gasteiger partial charge in [0.2, 0.25) is 0 Å². The Morgan fingerprint density at radius 2 is 2.38 bits per heavy atom. The third-order valence-corrected chi connectivity index (χ3v) is 1.69. The van der Waals surface area contributed by atoms with Gasteiger partial charge in [0, 0.05) is 18.4 Å². The van der Waals surface area contributed by atoms with E-state index in [9.17, 15) is 4.79 Å². The van der Waals surface area contributed by atoms with Gasteiger partial charge in [0.05, 0.1) is 0 Å². The summed E-state index contributed by atoms with van der Waals surface area (Å²) in [6.45, 7) is 2.56. The summed E-state index contributed by atoms with van der Waals surface area (Å²) in [6, 6.07) is 3.22. The van der Waals surface area contributed by atoms with Crippen molar-refractivity contribution in [3.05, 3.63) is 28.2 Å². The zero-order chi connectivity index (χ0) is 9.84. The molecule has 13 heavy (non-hydrogen) atoms. The summed E-state index contributed by atoms with van der Waals surface area (Å²) in [6.07, 6.45) is 2.40. The van der Waals surface area contributed by atoms with Crippen LogP contribution in [0.4, 0.5) is 5.69 Å². The summed E-state index contributed by atoms with van der Waals surface area (Å²) in [4.78, 5) is 11.4. The van der Waals surface area contributed by atoms with Gasteiger partial charge in [-0.15, -0.1) is 0 Å². The minimum Gasteiger partial charge on any atom is -0.398 e. The number of hydrogen-bond donors (Lipinski definition) is 1. The summed E-state index contributed by atoms with van der Waals surface area (Å²) in [7, 11) is 0. The van der Waals surface area contributed by atoms with E-state index >= 15 is 0 Å². The molecule has 0 aliphatic rings. The Morgan fingerprint density at radius 1 is 1.69 bits per heavy atom. The van der Waals surface area contributed by atoms with Crippen molar-refractivity contribution in [3.63, 3.8) is 0 Å². The number of anilines is 1. The summed E-state index contributed by atoms with van der Waals surface area (Å²) in [5, 5.41) is 8.62. The first-order valence-corrected chi connectivity index (χ1v) is 4.09. The Morgan fingerprint density at radius 3 is 2.92 bits per heavy atom. The zero-order valence-corrected chi connectivity index (χ0v) is 7.45. The van der Waals surface area contributed by atoms with E-state index in [4.69, 9.17) is 11.0 Å². The Kier molecular flexibility index (Phi) is 2.70. The van der Waals surface area contributed by atoms with Crippen LogP contribution in [0.25, 0.3) is 0 Å². The molecule has 0 aliphatic carbocycles. The van der Waals surface area contributed by atoms with Crippen LogP contribution in [-0.2, 0) is 6.54 Å². The van der Waals surface area contributed by atoms with Gasteiger partial charge in [-0.2, -0.15) is 5.26 Å². The predicted octanol–water partition coefficient (Wildman–Crippen LogP) is 0.712. The number of pyridine rings is 1. The molecule has 0 aromatic carbocycles. The van der Waals surface area contributed by atoms with Crippen LogP contribution in [-0.4, -0.2) is 4.57 Å². The first-order valence-electron chi connectivity index (χ1n) is 4.09. The molecule has 0 atom stereocenters. The standard InChI is InChI=1S/C9H11N3O/c1-2-3-12-6-8(11)4-7(5-10)9(12)13/h4,6H,2-3,11H2,1H3. The molecule has 0 aliphatic heterocycles. The van der Waals surface area contributed by atoms with E-state index < -0.39 is 0 Å². The molecular formula is C9H11N3O. The van der Waals surface area contributed by atoms with Crippen molar-refractivity contribution in [3.8, 4) is 6.07 Å². The van der Waals surface area contributed by atoms with Crippen molar-refractivity contribution in [2.45, 2.75) is 19.9 Å². The molecule has 2 N–H and O–H groups in total. The summed E-state index contributed by atoms with van der Waals surface area (Å²) in [5.74, 6) is 0. The molecule has 1 heterocycles. The van der Waals surface area contributed by atoms with Gasteiger partial charge in [-0.1, -0.05) is 6.92 Å². The maximum absolute atomic E-state index is 11.4. The summed E-state index contributed by atoms with van der Waals surface area (Å²) in [5.41, 5.74) is 5.81. The number of hydrogen-bond acceptors (Lipinski definition) is 3. The molecule has 0 radical (unpaired) electrons. The Labute approximate surface area is 76.2 Å².